The molecule has 0 spiro atoms. The monoisotopic (exact) mass is 373 g/mol. The fraction of sp³-hybridized carbons (Fsp3) is 0.667. The zero-order valence-electron chi connectivity index (χ0n) is 15.1. The molecule has 0 fully saturated rings. The molecule has 0 radical (unpaired) electrons. The quantitative estimate of drug-likeness (QED) is 0.437. The molecule has 24 heavy (non-hydrogen) atoms. The summed E-state index contributed by atoms with van der Waals surface area (Å²) < 4.78 is 33.1. The van der Waals surface area contributed by atoms with Gasteiger partial charge in [-0.2, -0.15) is 16.9 Å². The molecule has 0 saturated heterocycles. The van der Waals surface area contributed by atoms with Crippen molar-refractivity contribution in [3.05, 3.63) is 24.3 Å². The number of thiol groups is 1. The molecular formula is C18H31NO3S2. The van der Waals surface area contributed by atoms with Gasteiger partial charge in [-0.25, -0.2) is 8.42 Å². The smallest absolute Gasteiger partial charge is 0.243 e. The Hall–Kier alpha value is -0.720. The summed E-state index contributed by atoms with van der Waals surface area (Å²) in [7, 11) is -3.51. The Morgan fingerprint density at radius 1 is 1.08 bits per heavy atom. The molecule has 1 aromatic rings. The molecule has 0 aromatic heterocycles. The molecule has 4 nitrogen and oxygen atoms in total. The van der Waals surface area contributed by atoms with Crippen LogP contribution in [0.4, 0.5) is 0 Å². The van der Waals surface area contributed by atoms with Crippen LogP contribution in [0.15, 0.2) is 29.2 Å². The minimum Gasteiger partial charge on any atom is -0.494 e. The van der Waals surface area contributed by atoms with Crippen LogP contribution in [0.25, 0.3) is 0 Å². The Morgan fingerprint density at radius 3 is 2.25 bits per heavy atom. The third-order valence-corrected chi connectivity index (χ3v) is 6.49. The van der Waals surface area contributed by atoms with E-state index in [1.165, 1.54) is 0 Å². The van der Waals surface area contributed by atoms with E-state index in [9.17, 15) is 8.42 Å². The lowest BCUT2D eigenvalue weighted by molar-refractivity contribution is 0.309. The molecular weight excluding hydrogens is 342 g/mol. The molecule has 1 rings (SSSR count). The van der Waals surface area contributed by atoms with Crippen LogP contribution in [0, 0.1) is 0 Å². The summed E-state index contributed by atoms with van der Waals surface area (Å²) in [5.74, 6) is 1.21. The van der Waals surface area contributed by atoms with Crippen LogP contribution in [0.3, 0.4) is 0 Å². The van der Waals surface area contributed by atoms with Crippen molar-refractivity contribution >= 4 is 22.7 Å². The Balaban J connectivity index is 2.89. The number of hydrogen-bond donors (Lipinski definition) is 1. The third kappa shape index (κ3) is 6.30. The van der Waals surface area contributed by atoms with Crippen molar-refractivity contribution < 1.29 is 13.2 Å². The molecule has 1 aromatic carbocycles. The average molecular weight is 374 g/mol. The average Bonchev–Trinajstić information content (AvgIpc) is 2.58. The minimum absolute atomic E-state index is 0.129. The van der Waals surface area contributed by atoms with Crippen molar-refractivity contribution in [3.8, 4) is 5.75 Å². The molecule has 0 N–H and O–H groups in total. The highest BCUT2D eigenvalue weighted by molar-refractivity contribution is 7.89. The Labute approximate surface area is 153 Å². The third-order valence-electron chi connectivity index (χ3n) is 3.93. The lowest BCUT2D eigenvalue weighted by Crippen LogP contribution is -2.40. The highest BCUT2D eigenvalue weighted by Gasteiger charge is 2.27. The summed E-state index contributed by atoms with van der Waals surface area (Å²) in [4.78, 5) is 0.315. The van der Waals surface area contributed by atoms with Gasteiger partial charge < -0.3 is 4.74 Å². The van der Waals surface area contributed by atoms with E-state index in [0.29, 0.717) is 29.5 Å². The van der Waals surface area contributed by atoms with Gasteiger partial charge in [0.05, 0.1) is 11.5 Å². The summed E-state index contributed by atoms with van der Waals surface area (Å²) in [6.45, 7) is 7.31. The van der Waals surface area contributed by atoms with Gasteiger partial charge in [-0.3, -0.25) is 0 Å². The zero-order valence-corrected chi connectivity index (χ0v) is 16.8. The Kier molecular flexibility index (Phi) is 9.78. The van der Waals surface area contributed by atoms with Crippen LogP contribution in [-0.4, -0.2) is 37.7 Å². The number of unbranched alkanes of at least 4 members (excludes halogenated alkanes) is 3. The number of nitrogens with zero attached hydrogens (tertiary/aromatic N) is 1. The molecule has 0 saturated carbocycles. The topological polar surface area (TPSA) is 46.6 Å². The highest BCUT2D eigenvalue weighted by Crippen LogP contribution is 2.22. The second-order valence-electron chi connectivity index (χ2n) is 6.03. The van der Waals surface area contributed by atoms with Crippen LogP contribution in [0.1, 0.15) is 52.9 Å². The predicted molar refractivity (Wildman–Crippen MR) is 104 cm³/mol. The fourth-order valence-corrected chi connectivity index (χ4v) is 4.34. The van der Waals surface area contributed by atoms with E-state index < -0.39 is 10.0 Å². The molecule has 138 valence electrons. The standard InChI is InChI=1S/C18H31NO3S2/c1-4-6-8-13-19(16(3)15-23)24(20,21)18-11-9-17(10-12-18)22-14-7-5-2/h9-12,16,23H,4-8,13-15H2,1-3H3/t16-/m1/s1. The van der Waals surface area contributed by atoms with E-state index in [-0.39, 0.29) is 6.04 Å². The minimum atomic E-state index is -3.51. The fourth-order valence-electron chi connectivity index (χ4n) is 2.36. The summed E-state index contributed by atoms with van der Waals surface area (Å²) in [6.07, 6.45) is 5.01. The van der Waals surface area contributed by atoms with E-state index in [1.54, 1.807) is 28.6 Å². The first-order valence-electron chi connectivity index (χ1n) is 8.82. The van der Waals surface area contributed by atoms with Gasteiger partial charge in [0.25, 0.3) is 0 Å². The SMILES string of the molecule is CCCCCN([C@H](C)CS)S(=O)(=O)c1ccc(OCCCC)cc1. The normalized spacial score (nSPS) is 13.2. The summed E-state index contributed by atoms with van der Waals surface area (Å²) in [5.41, 5.74) is 0. The molecule has 0 amide bonds. The van der Waals surface area contributed by atoms with E-state index >= 15 is 0 Å². The van der Waals surface area contributed by atoms with Crippen LogP contribution < -0.4 is 4.74 Å². The number of rotatable bonds is 12. The number of ether oxygens (including phenoxy) is 1. The van der Waals surface area contributed by atoms with E-state index in [0.717, 1.165) is 32.1 Å². The van der Waals surface area contributed by atoms with Crippen LogP contribution in [0.2, 0.25) is 0 Å². The van der Waals surface area contributed by atoms with Crippen LogP contribution in [0.5, 0.6) is 5.75 Å². The molecule has 0 aliphatic carbocycles. The molecule has 0 bridgehead atoms. The van der Waals surface area contributed by atoms with E-state index in [4.69, 9.17) is 4.74 Å². The number of sulfonamides is 1. The maximum atomic E-state index is 12.9. The van der Waals surface area contributed by atoms with Crippen molar-refractivity contribution in [2.24, 2.45) is 0 Å². The van der Waals surface area contributed by atoms with Crippen molar-refractivity contribution in [1.29, 1.82) is 0 Å². The van der Waals surface area contributed by atoms with Gasteiger partial charge in [-0.15, -0.1) is 0 Å². The van der Waals surface area contributed by atoms with Crippen molar-refractivity contribution in [2.75, 3.05) is 18.9 Å². The second kappa shape index (κ2) is 11.0. The molecule has 0 aliphatic heterocycles. The van der Waals surface area contributed by atoms with Gasteiger partial charge in [-0.05, 0) is 44.0 Å². The highest BCUT2D eigenvalue weighted by atomic mass is 32.2. The van der Waals surface area contributed by atoms with Gasteiger partial charge in [0.2, 0.25) is 10.0 Å². The maximum Gasteiger partial charge on any atom is 0.243 e. The van der Waals surface area contributed by atoms with Gasteiger partial charge in [0.15, 0.2) is 0 Å². The largest absolute Gasteiger partial charge is 0.494 e. The lowest BCUT2D eigenvalue weighted by atomic mass is 10.2. The predicted octanol–water partition coefficient (Wildman–Crippen LogP) is 4.36. The number of hydrogen-bond acceptors (Lipinski definition) is 4. The van der Waals surface area contributed by atoms with Crippen LogP contribution >= 0.6 is 12.6 Å². The summed E-state index contributed by atoms with van der Waals surface area (Å²) in [6, 6.07) is 6.61. The Bertz CT molecular complexity index is 558. The number of benzene rings is 1. The van der Waals surface area contributed by atoms with E-state index in [1.807, 2.05) is 6.92 Å². The zero-order chi connectivity index (χ0) is 18.0. The van der Waals surface area contributed by atoms with Gasteiger partial charge in [-0.1, -0.05) is 33.1 Å². The molecule has 0 heterocycles. The first kappa shape index (κ1) is 21.3. The summed E-state index contributed by atoms with van der Waals surface area (Å²) >= 11 is 4.28. The van der Waals surface area contributed by atoms with Gasteiger partial charge in [0.1, 0.15) is 5.75 Å². The van der Waals surface area contributed by atoms with Crippen molar-refractivity contribution in [2.45, 2.75) is 63.8 Å². The lowest BCUT2D eigenvalue weighted by Gasteiger charge is -2.27. The van der Waals surface area contributed by atoms with Crippen molar-refractivity contribution in [3.63, 3.8) is 0 Å². The second-order valence-corrected chi connectivity index (χ2v) is 8.28. The maximum absolute atomic E-state index is 12.9. The van der Waals surface area contributed by atoms with Crippen LogP contribution in [-0.2, 0) is 10.0 Å². The molecule has 0 aliphatic rings. The molecule has 0 unspecified atom stereocenters. The van der Waals surface area contributed by atoms with Gasteiger partial charge in [0, 0.05) is 18.3 Å². The molecule has 1 atom stereocenters. The first-order chi connectivity index (χ1) is 11.5. The van der Waals surface area contributed by atoms with Crippen molar-refractivity contribution in [1.82, 2.24) is 4.31 Å². The Morgan fingerprint density at radius 2 is 1.71 bits per heavy atom. The van der Waals surface area contributed by atoms with Gasteiger partial charge >= 0.3 is 0 Å². The van der Waals surface area contributed by atoms with E-state index in [2.05, 4.69) is 26.5 Å². The first-order valence-corrected chi connectivity index (χ1v) is 10.9. The molecule has 6 heteroatoms. The summed E-state index contributed by atoms with van der Waals surface area (Å²) in [5, 5.41) is 0.